The SMILES string of the molecule is CCC([C@@H](N)CCN)C(C)(C)C. The highest BCUT2D eigenvalue weighted by Crippen LogP contribution is 2.31. The first-order chi connectivity index (χ1) is 5.43. The maximum Gasteiger partial charge on any atom is 0.00840 e. The molecule has 0 bridgehead atoms. The van der Waals surface area contributed by atoms with Gasteiger partial charge in [0.2, 0.25) is 0 Å². The number of hydrogen-bond donors (Lipinski definition) is 2. The van der Waals surface area contributed by atoms with E-state index in [9.17, 15) is 0 Å². The van der Waals surface area contributed by atoms with E-state index in [1.54, 1.807) is 0 Å². The van der Waals surface area contributed by atoms with Crippen molar-refractivity contribution in [1.29, 1.82) is 0 Å². The van der Waals surface area contributed by atoms with Crippen molar-refractivity contribution in [2.45, 2.75) is 46.6 Å². The van der Waals surface area contributed by atoms with Crippen LogP contribution in [0.25, 0.3) is 0 Å². The van der Waals surface area contributed by atoms with Gasteiger partial charge < -0.3 is 11.5 Å². The molecule has 0 rings (SSSR count). The van der Waals surface area contributed by atoms with Crippen LogP contribution in [-0.4, -0.2) is 12.6 Å². The molecule has 0 aliphatic heterocycles. The average Bonchev–Trinajstić information content (AvgIpc) is 1.85. The molecule has 74 valence electrons. The summed E-state index contributed by atoms with van der Waals surface area (Å²) in [6, 6.07) is 0.264. The van der Waals surface area contributed by atoms with Gasteiger partial charge in [-0.3, -0.25) is 0 Å². The van der Waals surface area contributed by atoms with Gasteiger partial charge in [-0.05, 0) is 24.3 Å². The molecule has 0 saturated carbocycles. The van der Waals surface area contributed by atoms with Crippen LogP contribution >= 0.6 is 0 Å². The summed E-state index contributed by atoms with van der Waals surface area (Å²) in [5.74, 6) is 0.584. The molecule has 0 saturated heterocycles. The van der Waals surface area contributed by atoms with Gasteiger partial charge in [-0.1, -0.05) is 34.1 Å². The van der Waals surface area contributed by atoms with Gasteiger partial charge in [-0.25, -0.2) is 0 Å². The van der Waals surface area contributed by atoms with E-state index in [-0.39, 0.29) is 6.04 Å². The van der Waals surface area contributed by atoms with Crippen molar-refractivity contribution < 1.29 is 0 Å². The van der Waals surface area contributed by atoms with Crippen LogP contribution in [0.2, 0.25) is 0 Å². The van der Waals surface area contributed by atoms with Crippen LogP contribution in [0.15, 0.2) is 0 Å². The Labute approximate surface area is 76.7 Å². The Bertz CT molecular complexity index is 115. The van der Waals surface area contributed by atoms with Crippen molar-refractivity contribution >= 4 is 0 Å². The number of rotatable bonds is 4. The third-order valence-corrected chi connectivity index (χ3v) is 2.57. The highest BCUT2D eigenvalue weighted by Gasteiger charge is 2.27. The van der Waals surface area contributed by atoms with Crippen LogP contribution in [0.1, 0.15) is 40.5 Å². The van der Waals surface area contributed by atoms with Gasteiger partial charge in [0.1, 0.15) is 0 Å². The fourth-order valence-corrected chi connectivity index (χ4v) is 1.95. The van der Waals surface area contributed by atoms with E-state index in [1.807, 2.05) is 0 Å². The topological polar surface area (TPSA) is 52.0 Å². The molecule has 0 heterocycles. The summed E-state index contributed by atoms with van der Waals surface area (Å²) in [5.41, 5.74) is 11.8. The van der Waals surface area contributed by atoms with Gasteiger partial charge in [0.25, 0.3) is 0 Å². The van der Waals surface area contributed by atoms with Crippen molar-refractivity contribution in [2.75, 3.05) is 6.54 Å². The smallest absolute Gasteiger partial charge is 0.00840 e. The molecule has 1 unspecified atom stereocenters. The zero-order valence-corrected chi connectivity index (χ0v) is 8.93. The lowest BCUT2D eigenvalue weighted by atomic mass is 9.74. The molecule has 2 nitrogen and oxygen atoms in total. The fourth-order valence-electron chi connectivity index (χ4n) is 1.95. The van der Waals surface area contributed by atoms with Crippen LogP contribution in [-0.2, 0) is 0 Å². The van der Waals surface area contributed by atoms with Crippen LogP contribution in [0.4, 0.5) is 0 Å². The Morgan fingerprint density at radius 3 is 2.00 bits per heavy atom. The second-order valence-corrected chi connectivity index (χ2v) is 4.62. The summed E-state index contributed by atoms with van der Waals surface area (Å²) >= 11 is 0. The summed E-state index contributed by atoms with van der Waals surface area (Å²) in [4.78, 5) is 0. The van der Waals surface area contributed by atoms with Crippen molar-refractivity contribution in [3.05, 3.63) is 0 Å². The molecule has 0 aliphatic carbocycles. The summed E-state index contributed by atoms with van der Waals surface area (Å²) in [7, 11) is 0. The van der Waals surface area contributed by atoms with E-state index in [2.05, 4.69) is 27.7 Å². The van der Waals surface area contributed by atoms with Crippen molar-refractivity contribution in [1.82, 2.24) is 0 Å². The molecule has 2 heteroatoms. The van der Waals surface area contributed by atoms with Crippen LogP contribution in [0, 0.1) is 11.3 Å². The summed E-state index contributed by atoms with van der Waals surface area (Å²) in [6.45, 7) is 9.65. The van der Waals surface area contributed by atoms with E-state index in [1.165, 1.54) is 0 Å². The largest absolute Gasteiger partial charge is 0.330 e. The van der Waals surface area contributed by atoms with Gasteiger partial charge in [0.05, 0.1) is 0 Å². The standard InChI is InChI=1S/C10H24N2/c1-5-8(10(2,3)4)9(12)6-7-11/h8-9H,5-7,11-12H2,1-4H3/t8?,9-/m0/s1. The maximum atomic E-state index is 6.05. The van der Waals surface area contributed by atoms with Gasteiger partial charge in [-0.15, -0.1) is 0 Å². The minimum atomic E-state index is 0.264. The molecule has 0 aromatic rings. The van der Waals surface area contributed by atoms with E-state index >= 15 is 0 Å². The van der Waals surface area contributed by atoms with Crippen molar-refractivity contribution in [3.8, 4) is 0 Å². The third-order valence-electron chi connectivity index (χ3n) is 2.57. The molecule has 2 atom stereocenters. The first-order valence-corrected chi connectivity index (χ1v) is 4.89. The molecule has 0 fully saturated rings. The van der Waals surface area contributed by atoms with E-state index in [0.717, 1.165) is 12.8 Å². The Morgan fingerprint density at radius 2 is 1.75 bits per heavy atom. The van der Waals surface area contributed by atoms with Gasteiger partial charge >= 0.3 is 0 Å². The van der Waals surface area contributed by atoms with Crippen LogP contribution < -0.4 is 11.5 Å². The molecular weight excluding hydrogens is 148 g/mol. The second kappa shape index (κ2) is 4.83. The van der Waals surface area contributed by atoms with Crippen molar-refractivity contribution in [3.63, 3.8) is 0 Å². The maximum absolute atomic E-state index is 6.05. The quantitative estimate of drug-likeness (QED) is 0.678. The summed E-state index contributed by atoms with van der Waals surface area (Å²) < 4.78 is 0. The molecule has 0 aromatic heterocycles. The van der Waals surface area contributed by atoms with Crippen LogP contribution in [0.3, 0.4) is 0 Å². The van der Waals surface area contributed by atoms with E-state index < -0.39 is 0 Å². The van der Waals surface area contributed by atoms with E-state index in [0.29, 0.717) is 17.9 Å². The normalized spacial score (nSPS) is 17.5. The lowest BCUT2D eigenvalue weighted by molar-refractivity contribution is 0.190. The van der Waals surface area contributed by atoms with Gasteiger partial charge in [-0.2, -0.15) is 0 Å². The van der Waals surface area contributed by atoms with Gasteiger partial charge in [0.15, 0.2) is 0 Å². The Hall–Kier alpha value is -0.0800. The summed E-state index contributed by atoms with van der Waals surface area (Å²) in [5, 5.41) is 0. The molecule has 0 spiro atoms. The first-order valence-electron chi connectivity index (χ1n) is 4.89. The summed E-state index contributed by atoms with van der Waals surface area (Å²) in [6.07, 6.45) is 2.08. The third kappa shape index (κ3) is 3.55. The Kier molecular flexibility index (Phi) is 4.80. The monoisotopic (exact) mass is 172 g/mol. The Morgan fingerprint density at radius 1 is 1.25 bits per heavy atom. The molecule has 0 amide bonds. The Balaban J connectivity index is 4.14. The second-order valence-electron chi connectivity index (χ2n) is 4.62. The zero-order valence-electron chi connectivity index (χ0n) is 8.93. The molecule has 4 N–H and O–H groups in total. The van der Waals surface area contributed by atoms with Crippen molar-refractivity contribution in [2.24, 2.45) is 22.8 Å². The molecule has 0 aromatic carbocycles. The number of nitrogens with two attached hydrogens (primary N) is 2. The zero-order chi connectivity index (χ0) is 9.78. The minimum Gasteiger partial charge on any atom is -0.330 e. The predicted molar refractivity (Wildman–Crippen MR) is 54.9 cm³/mol. The minimum absolute atomic E-state index is 0.264. The first kappa shape index (κ1) is 11.9. The van der Waals surface area contributed by atoms with Gasteiger partial charge in [0, 0.05) is 6.04 Å². The molecule has 12 heavy (non-hydrogen) atoms. The predicted octanol–water partition coefficient (Wildman–Crippen LogP) is 1.73. The molecular formula is C10H24N2. The highest BCUT2D eigenvalue weighted by atomic mass is 14.7. The molecule has 0 aliphatic rings. The fraction of sp³-hybridized carbons (Fsp3) is 1.00. The van der Waals surface area contributed by atoms with E-state index in [4.69, 9.17) is 11.5 Å². The lowest BCUT2D eigenvalue weighted by Gasteiger charge is -2.34. The van der Waals surface area contributed by atoms with Crippen LogP contribution in [0.5, 0.6) is 0 Å². The average molecular weight is 172 g/mol. The number of hydrogen-bond acceptors (Lipinski definition) is 2. The highest BCUT2D eigenvalue weighted by molar-refractivity contribution is 4.81. The lowest BCUT2D eigenvalue weighted by Crippen LogP contribution is -2.39. The molecule has 0 radical (unpaired) electrons.